The van der Waals surface area contributed by atoms with E-state index in [4.69, 9.17) is 4.74 Å². The highest BCUT2D eigenvalue weighted by molar-refractivity contribution is 5.97. The van der Waals surface area contributed by atoms with E-state index in [1.807, 2.05) is 54.6 Å². The van der Waals surface area contributed by atoms with E-state index in [2.05, 4.69) is 10.6 Å². The van der Waals surface area contributed by atoms with Gasteiger partial charge in [0.25, 0.3) is 11.8 Å². The van der Waals surface area contributed by atoms with Crippen molar-refractivity contribution in [1.29, 1.82) is 0 Å². The molecule has 0 spiro atoms. The van der Waals surface area contributed by atoms with Crippen molar-refractivity contribution >= 4 is 17.5 Å². The van der Waals surface area contributed by atoms with Crippen LogP contribution < -0.4 is 10.6 Å². The largest absolute Gasteiger partial charge is 0.363 e. The van der Waals surface area contributed by atoms with Gasteiger partial charge in [-0.3, -0.25) is 9.59 Å². The van der Waals surface area contributed by atoms with Crippen LogP contribution in [0.5, 0.6) is 0 Å². The first-order valence-electron chi connectivity index (χ1n) is 10.1. The molecular weight excluding hydrogens is 376 g/mol. The van der Waals surface area contributed by atoms with E-state index >= 15 is 0 Å². The summed E-state index contributed by atoms with van der Waals surface area (Å²) < 4.78 is 5.70. The fourth-order valence-electron chi connectivity index (χ4n) is 3.59. The molecule has 0 aromatic heterocycles. The number of amides is 2. The van der Waals surface area contributed by atoms with Gasteiger partial charge in [-0.15, -0.1) is 0 Å². The molecule has 1 aliphatic heterocycles. The second-order valence-corrected chi connectivity index (χ2v) is 7.26. The molecule has 152 valence electrons. The molecule has 5 heteroatoms. The first-order chi connectivity index (χ1) is 14.7. The molecule has 2 amide bonds. The molecule has 1 heterocycles. The van der Waals surface area contributed by atoms with Crippen molar-refractivity contribution in [2.75, 3.05) is 18.5 Å². The van der Waals surface area contributed by atoms with Gasteiger partial charge in [-0.25, -0.2) is 0 Å². The number of anilines is 1. The van der Waals surface area contributed by atoms with Crippen molar-refractivity contribution in [2.45, 2.75) is 18.9 Å². The zero-order chi connectivity index (χ0) is 20.8. The van der Waals surface area contributed by atoms with Crippen molar-refractivity contribution in [3.63, 3.8) is 0 Å². The summed E-state index contributed by atoms with van der Waals surface area (Å²) in [7, 11) is 0. The van der Waals surface area contributed by atoms with Crippen LogP contribution in [-0.4, -0.2) is 25.0 Å². The maximum absolute atomic E-state index is 12.7. The highest BCUT2D eigenvalue weighted by Crippen LogP contribution is 2.28. The summed E-state index contributed by atoms with van der Waals surface area (Å²) in [6.07, 6.45) is 0.980. The number of fused-ring (bicyclic) bond motifs is 1. The first-order valence-corrected chi connectivity index (χ1v) is 10.1. The highest BCUT2D eigenvalue weighted by atomic mass is 16.5. The summed E-state index contributed by atoms with van der Waals surface area (Å²) in [5.41, 5.74) is 4.43. The third kappa shape index (κ3) is 4.75. The van der Waals surface area contributed by atoms with E-state index in [0.29, 0.717) is 24.4 Å². The molecule has 0 aliphatic carbocycles. The van der Waals surface area contributed by atoms with Crippen molar-refractivity contribution in [3.05, 3.63) is 101 Å². The van der Waals surface area contributed by atoms with Crippen molar-refractivity contribution in [3.8, 4) is 0 Å². The van der Waals surface area contributed by atoms with E-state index < -0.39 is 6.10 Å². The summed E-state index contributed by atoms with van der Waals surface area (Å²) in [6.45, 7) is 1.09. The minimum Gasteiger partial charge on any atom is -0.363 e. The molecule has 3 aromatic carbocycles. The van der Waals surface area contributed by atoms with Gasteiger partial charge in [-0.1, -0.05) is 54.6 Å². The molecule has 0 fully saturated rings. The van der Waals surface area contributed by atoms with Gasteiger partial charge in [-0.2, -0.15) is 0 Å². The molecule has 5 nitrogen and oxygen atoms in total. The second kappa shape index (κ2) is 9.37. The molecule has 0 saturated heterocycles. The third-order valence-corrected chi connectivity index (χ3v) is 5.19. The number of hydrogen-bond donors (Lipinski definition) is 2. The zero-order valence-corrected chi connectivity index (χ0v) is 16.6. The van der Waals surface area contributed by atoms with Crippen LogP contribution in [-0.2, 0) is 22.4 Å². The Morgan fingerprint density at radius 2 is 1.63 bits per heavy atom. The topological polar surface area (TPSA) is 67.4 Å². The molecule has 3 aromatic rings. The van der Waals surface area contributed by atoms with Crippen LogP contribution in [0.3, 0.4) is 0 Å². The minimum atomic E-state index is -0.615. The van der Waals surface area contributed by atoms with Gasteiger partial charge in [0.2, 0.25) is 0 Å². The Bertz CT molecular complexity index is 1020. The molecule has 2 N–H and O–H groups in total. The van der Waals surface area contributed by atoms with Gasteiger partial charge < -0.3 is 15.4 Å². The second-order valence-electron chi connectivity index (χ2n) is 7.26. The molecule has 1 aliphatic rings. The Hall–Kier alpha value is -3.44. The van der Waals surface area contributed by atoms with Gasteiger partial charge in [0.05, 0.1) is 6.61 Å². The van der Waals surface area contributed by atoms with E-state index in [1.54, 1.807) is 24.3 Å². The van der Waals surface area contributed by atoms with Crippen LogP contribution in [0.1, 0.15) is 33.2 Å². The number of hydrogen-bond acceptors (Lipinski definition) is 3. The van der Waals surface area contributed by atoms with E-state index in [9.17, 15) is 9.59 Å². The predicted octanol–water partition coefficient (Wildman–Crippen LogP) is 3.91. The smallest absolute Gasteiger partial charge is 0.258 e. The molecule has 0 unspecified atom stereocenters. The number of benzene rings is 3. The number of rotatable bonds is 6. The molecule has 1 atom stereocenters. The summed E-state index contributed by atoms with van der Waals surface area (Å²) in [5.74, 6) is -0.337. The molecule has 30 heavy (non-hydrogen) atoms. The van der Waals surface area contributed by atoms with Crippen LogP contribution in [0.15, 0.2) is 78.9 Å². The van der Waals surface area contributed by atoms with E-state index in [0.717, 1.165) is 24.0 Å². The number of nitrogens with one attached hydrogen (secondary N) is 2. The van der Waals surface area contributed by atoms with Crippen LogP contribution in [0.2, 0.25) is 0 Å². The lowest BCUT2D eigenvalue weighted by Crippen LogP contribution is -2.28. The molecule has 0 bridgehead atoms. The summed E-state index contributed by atoms with van der Waals surface area (Å²) in [5, 5.41) is 5.81. The van der Waals surface area contributed by atoms with Crippen LogP contribution in [0, 0.1) is 0 Å². The van der Waals surface area contributed by atoms with Gasteiger partial charge >= 0.3 is 0 Å². The normalized spacial score (nSPS) is 15.1. The maximum atomic E-state index is 12.7. The van der Waals surface area contributed by atoms with E-state index in [1.165, 1.54) is 5.56 Å². The summed E-state index contributed by atoms with van der Waals surface area (Å²) in [4.78, 5) is 25.0. The fourth-order valence-corrected chi connectivity index (χ4v) is 3.59. The lowest BCUT2D eigenvalue weighted by atomic mass is 9.97. The van der Waals surface area contributed by atoms with Gasteiger partial charge in [0.15, 0.2) is 6.10 Å². The van der Waals surface area contributed by atoms with Crippen LogP contribution >= 0.6 is 0 Å². The highest BCUT2D eigenvalue weighted by Gasteiger charge is 2.27. The Labute approximate surface area is 176 Å². The Kier molecular flexibility index (Phi) is 6.20. The zero-order valence-electron chi connectivity index (χ0n) is 16.6. The van der Waals surface area contributed by atoms with Crippen molar-refractivity contribution < 1.29 is 14.3 Å². The average molecular weight is 400 g/mol. The predicted molar refractivity (Wildman–Crippen MR) is 116 cm³/mol. The van der Waals surface area contributed by atoms with Crippen molar-refractivity contribution in [2.24, 2.45) is 0 Å². The Balaban J connectivity index is 1.32. The third-order valence-electron chi connectivity index (χ3n) is 5.19. The maximum Gasteiger partial charge on any atom is 0.258 e. The average Bonchev–Trinajstić information content (AvgIpc) is 2.80. The molecule has 0 saturated carbocycles. The quantitative estimate of drug-likeness (QED) is 0.659. The Morgan fingerprint density at radius 3 is 2.43 bits per heavy atom. The monoisotopic (exact) mass is 400 g/mol. The number of carbonyl (C=O) groups is 2. The minimum absolute atomic E-state index is 0.131. The molecule has 4 rings (SSSR count). The Morgan fingerprint density at radius 1 is 0.900 bits per heavy atom. The van der Waals surface area contributed by atoms with Gasteiger partial charge in [0.1, 0.15) is 0 Å². The summed E-state index contributed by atoms with van der Waals surface area (Å²) in [6, 6.07) is 24.8. The molecule has 0 radical (unpaired) electrons. The number of ether oxygens (including phenoxy) is 1. The number of carbonyl (C=O) groups excluding carboxylic acids is 2. The van der Waals surface area contributed by atoms with Crippen LogP contribution in [0.25, 0.3) is 0 Å². The first kappa shape index (κ1) is 19.9. The SMILES string of the molecule is O=C(NCCc1ccccc1)c1ccc(NC(=O)[C@@H]2OCCc3ccccc32)cc1. The van der Waals surface area contributed by atoms with Gasteiger partial charge in [0, 0.05) is 17.8 Å². The fraction of sp³-hybridized carbons (Fsp3) is 0.200. The lowest BCUT2D eigenvalue weighted by molar-refractivity contribution is -0.128. The van der Waals surface area contributed by atoms with Crippen molar-refractivity contribution in [1.82, 2.24) is 5.32 Å². The van der Waals surface area contributed by atoms with Gasteiger partial charge in [-0.05, 0) is 53.8 Å². The summed E-state index contributed by atoms with van der Waals surface area (Å²) >= 11 is 0. The standard InChI is InChI=1S/C25H24N2O3/c28-24(26-16-14-18-6-2-1-3-7-18)20-10-12-21(13-11-20)27-25(29)23-22-9-5-4-8-19(22)15-17-30-23/h1-13,23H,14-17H2,(H,26,28)(H,27,29)/t23-/m1/s1. The molecular formula is C25H24N2O3. The lowest BCUT2D eigenvalue weighted by Gasteiger charge is -2.25. The van der Waals surface area contributed by atoms with E-state index in [-0.39, 0.29) is 11.8 Å². The van der Waals surface area contributed by atoms with Crippen LogP contribution in [0.4, 0.5) is 5.69 Å².